The highest BCUT2D eigenvalue weighted by Gasteiger charge is 2.22. The second-order valence-corrected chi connectivity index (χ2v) is 6.59. The van der Waals surface area contributed by atoms with E-state index in [1.807, 2.05) is 25.2 Å². The summed E-state index contributed by atoms with van der Waals surface area (Å²) in [7, 11) is 3.50. The van der Waals surface area contributed by atoms with Crippen molar-refractivity contribution in [2.45, 2.75) is 13.0 Å². The number of ether oxygens (including phenoxy) is 1. The lowest BCUT2D eigenvalue weighted by atomic mass is 10.1. The number of methoxy groups -OCH3 is 1. The van der Waals surface area contributed by atoms with Crippen molar-refractivity contribution in [3.05, 3.63) is 60.2 Å². The molecule has 0 bridgehead atoms. The quantitative estimate of drug-likeness (QED) is 0.620. The Labute approximate surface area is 156 Å². The minimum absolute atomic E-state index is 0.630. The molecule has 1 aliphatic rings. The smallest absolute Gasteiger partial charge is 0.191 e. The van der Waals surface area contributed by atoms with Crippen molar-refractivity contribution in [2.24, 2.45) is 10.9 Å². The lowest BCUT2D eigenvalue weighted by molar-refractivity contribution is 0.414. The Morgan fingerprint density at radius 3 is 2.77 bits per heavy atom. The molecule has 1 fully saturated rings. The van der Waals surface area contributed by atoms with Gasteiger partial charge in [0, 0.05) is 38.9 Å². The first-order chi connectivity index (χ1) is 12.8. The van der Waals surface area contributed by atoms with Gasteiger partial charge in [-0.1, -0.05) is 30.3 Å². The lowest BCUT2D eigenvalue weighted by Crippen LogP contribution is -2.39. The Balaban J connectivity index is 1.44. The monoisotopic (exact) mass is 352 g/mol. The molecule has 0 saturated carbocycles. The van der Waals surface area contributed by atoms with Gasteiger partial charge >= 0.3 is 0 Å². The Kier molecular flexibility index (Phi) is 6.36. The molecular formula is C21H28N4O. The first kappa shape index (κ1) is 18.1. The fraction of sp³-hybridized carbons (Fsp3) is 0.381. The van der Waals surface area contributed by atoms with Crippen LogP contribution in [0.4, 0.5) is 5.69 Å². The Morgan fingerprint density at radius 1 is 1.15 bits per heavy atom. The molecule has 5 heteroatoms. The van der Waals surface area contributed by atoms with E-state index < -0.39 is 0 Å². The van der Waals surface area contributed by atoms with Crippen LogP contribution < -0.4 is 20.3 Å². The highest BCUT2D eigenvalue weighted by Crippen LogP contribution is 2.22. The third-order valence-corrected chi connectivity index (χ3v) is 4.78. The number of guanidine groups is 1. The fourth-order valence-electron chi connectivity index (χ4n) is 3.30. The number of hydrogen-bond acceptors (Lipinski definition) is 3. The van der Waals surface area contributed by atoms with Crippen LogP contribution in [-0.2, 0) is 6.54 Å². The Bertz CT molecular complexity index is 717. The van der Waals surface area contributed by atoms with Crippen molar-refractivity contribution in [3.8, 4) is 5.75 Å². The molecule has 3 rings (SSSR count). The van der Waals surface area contributed by atoms with Crippen LogP contribution in [0.1, 0.15) is 12.0 Å². The number of rotatable bonds is 6. The second kappa shape index (κ2) is 9.13. The predicted molar refractivity (Wildman–Crippen MR) is 108 cm³/mol. The number of hydrogen-bond donors (Lipinski definition) is 2. The lowest BCUT2D eigenvalue weighted by Gasteiger charge is -2.19. The van der Waals surface area contributed by atoms with Gasteiger partial charge < -0.3 is 20.3 Å². The van der Waals surface area contributed by atoms with E-state index in [2.05, 4.69) is 56.9 Å². The standard InChI is InChI=1S/C21H28N4O/c1-22-21(23-14-17-7-6-10-20(13-17)26-2)24-15-18-11-12-25(16-18)19-8-4-3-5-9-19/h3-10,13,18H,11-12,14-16H2,1-2H3,(H2,22,23,24). The summed E-state index contributed by atoms with van der Waals surface area (Å²) < 4.78 is 5.27. The number of nitrogens with one attached hydrogen (secondary N) is 2. The molecule has 1 atom stereocenters. The normalized spacial score (nSPS) is 17.2. The topological polar surface area (TPSA) is 48.9 Å². The summed E-state index contributed by atoms with van der Waals surface area (Å²) in [6.45, 7) is 3.86. The molecule has 0 radical (unpaired) electrons. The molecule has 2 aromatic carbocycles. The van der Waals surface area contributed by atoms with Gasteiger partial charge in [-0.15, -0.1) is 0 Å². The molecule has 1 unspecified atom stereocenters. The molecule has 1 heterocycles. The Hall–Kier alpha value is -2.69. The summed E-state index contributed by atoms with van der Waals surface area (Å²) in [6.07, 6.45) is 1.20. The summed E-state index contributed by atoms with van der Waals surface area (Å²) in [4.78, 5) is 6.79. The van der Waals surface area contributed by atoms with Crippen LogP contribution in [-0.4, -0.2) is 39.8 Å². The third-order valence-electron chi connectivity index (χ3n) is 4.78. The van der Waals surface area contributed by atoms with Crippen LogP contribution >= 0.6 is 0 Å². The van der Waals surface area contributed by atoms with E-state index in [0.29, 0.717) is 5.92 Å². The summed E-state index contributed by atoms with van der Waals surface area (Å²) in [5.41, 5.74) is 2.49. The zero-order chi connectivity index (χ0) is 18.2. The minimum Gasteiger partial charge on any atom is -0.497 e. The van der Waals surface area contributed by atoms with Crippen molar-refractivity contribution in [3.63, 3.8) is 0 Å². The Morgan fingerprint density at radius 2 is 2.00 bits per heavy atom. The maximum atomic E-state index is 5.27. The second-order valence-electron chi connectivity index (χ2n) is 6.59. The maximum Gasteiger partial charge on any atom is 0.191 e. The third kappa shape index (κ3) is 4.91. The average molecular weight is 352 g/mol. The SMILES string of the molecule is CN=C(NCc1cccc(OC)c1)NCC1CCN(c2ccccc2)C1. The van der Waals surface area contributed by atoms with Crippen LogP contribution in [0.2, 0.25) is 0 Å². The molecule has 2 aromatic rings. The molecule has 26 heavy (non-hydrogen) atoms. The van der Waals surface area contributed by atoms with E-state index in [1.165, 1.54) is 17.7 Å². The molecule has 1 saturated heterocycles. The molecule has 0 spiro atoms. The van der Waals surface area contributed by atoms with E-state index in [0.717, 1.165) is 37.9 Å². The zero-order valence-corrected chi connectivity index (χ0v) is 15.6. The number of para-hydroxylation sites is 1. The molecule has 1 aliphatic heterocycles. The minimum atomic E-state index is 0.630. The van der Waals surface area contributed by atoms with Gasteiger partial charge in [0.15, 0.2) is 5.96 Å². The largest absolute Gasteiger partial charge is 0.497 e. The van der Waals surface area contributed by atoms with Crippen LogP contribution in [0, 0.1) is 5.92 Å². The van der Waals surface area contributed by atoms with E-state index in [9.17, 15) is 0 Å². The average Bonchev–Trinajstić information content (AvgIpc) is 3.18. The van der Waals surface area contributed by atoms with Crippen molar-refractivity contribution in [2.75, 3.05) is 38.7 Å². The van der Waals surface area contributed by atoms with E-state index in [-0.39, 0.29) is 0 Å². The van der Waals surface area contributed by atoms with E-state index in [4.69, 9.17) is 4.74 Å². The van der Waals surface area contributed by atoms with Crippen LogP contribution in [0.3, 0.4) is 0 Å². The summed E-state index contributed by atoms with van der Waals surface area (Å²) in [6, 6.07) is 18.7. The van der Waals surface area contributed by atoms with Crippen LogP contribution in [0.25, 0.3) is 0 Å². The summed E-state index contributed by atoms with van der Waals surface area (Å²) in [5.74, 6) is 2.34. The maximum absolute atomic E-state index is 5.27. The molecule has 138 valence electrons. The molecule has 5 nitrogen and oxygen atoms in total. The first-order valence-corrected chi connectivity index (χ1v) is 9.16. The molecule has 2 N–H and O–H groups in total. The van der Waals surface area contributed by atoms with Crippen molar-refractivity contribution < 1.29 is 4.74 Å². The number of benzene rings is 2. The molecular weight excluding hydrogens is 324 g/mol. The van der Waals surface area contributed by atoms with Gasteiger partial charge in [-0.05, 0) is 42.2 Å². The van der Waals surface area contributed by atoms with Gasteiger partial charge in [0.25, 0.3) is 0 Å². The first-order valence-electron chi connectivity index (χ1n) is 9.16. The summed E-state index contributed by atoms with van der Waals surface area (Å²) in [5, 5.41) is 6.84. The van der Waals surface area contributed by atoms with E-state index in [1.54, 1.807) is 7.11 Å². The number of aliphatic imine (C=N–C) groups is 1. The predicted octanol–water partition coefficient (Wildman–Crippen LogP) is 2.89. The van der Waals surface area contributed by atoms with Gasteiger partial charge in [0.2, 0.25) is 0 Å². The van der Waals surface area contributed by atoms with Crippen molar-refractivity contribution >= 4 is 11.6 Å². The molecule has 0 aromatic heterocycles. The van der Waals surface area contributed by atoms with E-state index >= 15 is 0 Å². The van der Waals surface area contributed by atoms with Crippen LogP contribution in [0.15, 0.2) is 59.6 Å². The number of anilines is 1. The highest BCUT2D eigenvalue weighted by molar-refractivity contribution is 5.79. The van der Waals surface area contributed by atoms with Gasteiger partial charge in [0.1, 0.15) is 5.75 Å². The number of nitrogens with zero attached hydrogens (tertiary/aromatic N) is 2. The molecule has 0 aliphatic carbocycles. The van der Waals surface area contributed by atoms with Gasteiger partial charge in [-0.25, -0.2) is 0 Å². The van der Waals surface area contributed by atoms with Crippen LogP contribution in [0.5, 0.6) is 5.75 Å². The van der Waals surface area contributed by atoms with Gasteiger partial charge in [-0.2, -0.15) is 0 Å². The van der Waals surface area contributed by atoms with Crippen molar-refractivity contribution in [1.29, 1.82) is 0 Å². The van der Waals surface area contributed by atoms with Crippen molar-refractivity contribution in [1.82, 2.24) is 10.6 Å². The van der Waals surface area contributed by atoms with Gasteiger partial charge in [0.05, 0.1) is 7.11 Å². The summed E-state index contributed by atoms with van der Waals surface area (Å²) >= 11 is 0. The molecule has 0 amide bonds. The highest BCUT2D eigenvalue weighted by atomic mass is 16.5. The fourth-order valence-corrected chi connectivity index (χ4v) is 3.30. The van der Waals surface area contributed by atoms with Gasteiger partial charge in [-0.3, -0.25) is 4.99 Å². The zero-order valence-electron chi connectivity index (χ0n) is 15.6.